The van der Waals surface area contributed by atoms with E-state index in [1.807, 2.05) is 6.92 Å². The summed E-state index contributed by atoms with van der Waals surface area (Å²) in [5.41, 5.74) is 1.45. The highest BCUT2D eigenvalue weighted by Crippen LogP contribution is 2.17. The maximum Gasteiger partial charge on any atom is 0.255 e. The van der Waals surface area contributed by atoms with Crippen LogP contribution in [0.1, 0.15) is 22.8 Å². The number of carbonyl (C=O) groups is 1. The molecular formula is C16H16FNO2. The summed E-state index contributed by atoms with van der Waals surface area (Å²) >= 11 is 0. The summed E-state index contributed by atoms with van der Waals surface area (Å²) in [5.74, 6) is 0.0179. The van der Waals surface area contributed by atoms with E-state index in [9.17, 15) is 9.18 Å². The van der Waals surface area contributed by atoms with E-state index in [2.05, 4.69) is 5.32 Å². The number of carbonyl (C=O) groups excluding carboxylic acids is 1. The van der Waals surface area contributed by atoms with Crippen molar-refractivity contribution < 1.29 is 13.9 Å². The normalized spacial score (nSPS) is 10.2. The molecule has 0 aliphatic rings. The van der Waals surface area contributed by atoms with E-state index in [-0.39, 0.29) is 11.7 Å². The van der Waals surface area contributed by atoms with Gasteiger partial charge in [-0.3, -0.25) is 4.79 Å². The van der Waals surface area contributed by atoms with Crippen LogP contribution in [-0.4, -0.2) is 12.5 Å². The summed E-state index contributed by atoms with van der Waals surface area (Å²) in [6, 6.07) is 11.5. The highest BCUT2D eigenvalue weighted by atomic mass is 19.1. The van der Waals surface area contributed by atoms with Gasteiger partial charge in [-0.05, 0) is 55.8 Å². The van der Waals surface area contributed by atoms with Crippen LogP contribution in [0.4, 0.5) is 10.1 Å². The van der Waals surface area contributed by atoms with Gasteiger partial charge >= 0.3 is 0 Å². The van der Waals surface area contributed by atoms with E-state index < -0.39 is 0 Å². The monoisotopic (exact) mass is 273 g/mol. The van der Waals surface area contributed by atoms with Crippen LogP contribution in [0.25, 0.3) is 0 Å². The first-order valence-electron chi connectivity index (χ1n) is 6.40. The Morgan fingerprint density at radius 1 is 1.20 bits per heavy atom. The minimum Gasteiger partial charge on any atom is -0.494 e. The molecule has 2 aromatic carbocycles. The lowest BCUT2D eigenvalue weighted by atomic mass is 10.1. The maximum absolute atomic E-state index is 13.4. The smallest absolute Gasteiger partial charge is 0.255 e. The molecule has 0 spiro atoms. The van der Waals surface area contributed by atoms with E-state index in [1.165, 1.54) is 6.07 Å². The summed E-state index contributed by atoms with van der Waals surface area (Å²) in [6.07, 6.45) is 0. The SMILES string of the molecule is CCOc1ccc(NC(=O)c2ccc(C)c(F)c2)cc1. The molecule has 2 rings (SSSR count). The first-order valence-corrected chi connectivity index (χ1v) is 6.40. The topological polar surface area (TPSA) is 38.3 Å². The number of benzene rings is 2. The fourth-order valence-corrected chi connectivity index (χ4v) is 1.74. The van der Waals surface area contributed by atoms with E-state index in [4.69, 9.17) is 4.74 Å². The third-order valence-electron chi connectivity index (χ3n) is 2.86. The van der Waals surface area contributed by atoms with Crippen LogP contribution >= 0.6 is 0 Å². The lowest BCUT2D eigenvalue weighted by molar-refractivity contribution is 0.102. The molecule has 0 aliphatic heterocycles. The number of anilines is 1. The van der Waals surface area contributed by atoms with E-state index in [0.29, 0.717) is 23.4 Å². The quantitative estimate of drug-likeness (QED) is 0.920. The van der Waals surface area contributed by atoms with Gasteiger partial charge in [0.1, 0.15) is 11.6 Å². The molecule has 0 saturated heterocycles. The number of hydrogen-bond acceptors (Lipinski definition) is 2. The Hall–Kier alpha value is -2.36. The first kappa shape index (κ1) is 14.1. The minimum absolute atomic E-state index is 0.294. The molecule has 1 amide bonds. The lowest BCUT2D eigenvalue weighted by Gasteiger charge is -2.07. The first-order chi connectivity index (χ1) is 9.60. The molecule has 20 heavy (non-hydrogen) atoms. The van der Waals surface area contributed by atoms with Crippen molar-refractivity contribution in [3.05, 3.63) is 59.4 Å². The van der Waals surface area contributed by atoms with Crippen LogP contribution in [0.3, 0.4) is 0 Å². The molecule has 0 radical (unpaired) electrons. The fraction of sp³-hybridized carbons (Fsp3) is 0.188. The van der Waals surface area contributed by atoms with Gasteiger partial charge in [-0.1, -0.05) is 6.07 Å². The minimum atomic E-state index is -0.385. The number of halogens is 1. The van der Waals surface area contributed by atoms with Crippen molar-refractivity contribution in [3.8, 4) is 5.75 Å². The largest absolute Gasteiger partial charge is 0.494 e. The van der Waals surface area contributed by atoms with Crippen molar-refractivity contribution >= 4 is 11.6 Å². The molecule has 3 nitrogen and oxygen atoms in total. The Kier molecular flexibility index (Phi) is 4.35. The molecule has 0 unspecified atom stereocenters. The molecule has 4 heteroatoms. The third-order valence-corrected chi connectivity index (χ3v) is 2.86. The molecule has 0 saturated carbocycles. The van der Waals surface area contributed by atoms with Gasteiger partial charge in [0, 0.05) is 11.3 Å². The molecule has 0 heterocycles. The molecule has 0 aliphatic carbocycles. The highest BCUT2D eigenvalue weighted by molar-refractivity contribution is 6.04. The zero-order chi connectivity index (χ0) is 14.5. The molecule has 0 fully saturated rings. The second-order valence-electron chi connectivity index (χ2n) is 4.38. The number of nitrogens with one attached hydrogen (secondary N) is 1. The Morgan fingerprint density at radius 3 is 2.50 bits per heavy atom. The summed E-state index contributed by atoms with van der Waals surface area (Å²) in [7, 11) is 0. The molecule has 1 N–H and O–H groups in total. The van der Waals surface area contributed by atoms with Gasteiger partial charge in [0.25, 0.3) is 5.91 Å². The summed E-state index contributed by atoms with van der Waals surface area (Å²) in [5, 5.41) is 2.71. The van der Waals surface area contributed by atoms with E-state index in [0.717, 1.165) is 5.75 Å². The van der Waals surface area contributed by atoms with Crippen LogP contribution in [0.2, 0.25) is 0 Å². The average Bonchev–Trinajstić information content (AvgIpc) is 2.44. The van der Waals surface area contributed by atoms with Crippen LogP contribution in [0.15, 0.2) is 42.5 Å². The Bertz CT molecular complexity index is 608. The molecule has 104 valence electrons. The summed E-state index contributed by atoms with van der Waals surface area (Å²) < 4.78 is 18.7. The Morgan fingerprint density at radius 2 is 1.90 bits per heavy atom. The van der Waals surface area contributed by atoms with Gasteiger partial charge in [-0.25, -0.2) is 4.39 Å². The van der Waals surface area contributed by atoms with Gasteiger partial charge in [0.15, 0.2) is 0 Å². The van der Waals surface area contributed by atoms with Gasteiger partial charge in [0.05, 0.1) is 6.61 Å². The predicted octanol–water partition coefficient (Wildman–Crippen LogP) is 3.79. The van der Waals surface area contributed by atoms with E-state index in [1.54, 1.807) is 43.3 Å². The lowest BCUT2D eigenvalue weighted by Crippen LogP contribution is -2.12. The van der Waals surface area contributed by atoms with Gasteiger partial charge in [-0.15, -0.1) is 0 Å². The molecule has 0 aromatic heterocycles. The fourth-order valence-electron chi connectivity index (χ4n) is 1.74. The molecule has 0 bridgehead atoms. The predicted molar refractivity (Wildman–Crippen MR) is 76.7 cm³/mol. The summed E-state index contributed by atoms with van der Waals surface area (Å²) in [6.45, 7) is 4.15. The zero-order valence-electron chi connectivity index (χ0n) is 11.4. The van der Waals surface area contributed by atoms with Gasteiger partial charge < -0.3 is 10.1 Å². The Balaban J connectivity index is 2.08. The standard InChI is InChI=1S/C16H16FNO2/c1-3-20-14-8-6-13(7-9-14)18-16(19)12-5-4-11(2)15(17)10-12/h4-10H,3H2,1-2H3,(H,18,19). The number of hydrogen-bond donors (Lipinski definition) is 1. The average molecular weight is 273 g/mol. The zero-order valence-corrected chi connectivity index (χ0v) is 11.4. The number of aryl methyl sites for hydroxylation is 1. The second kappa shape index (κ2) is 6.19. The van der Waals surface area contributed by atoms with Crippen LogP contribution in [-0.2, 0) is 0 Å². The number of ether oxygens (including phenoxy) is 1. The van der Waals surface area contributed by atoms with Crippen molar-refractivity contribution in [2.24, 2.45) is 0 Å². The van der Waals surface area contributed by atoms with Gasteiger partial charge in [-0.2, -0.15) is 0 Å². The Labute approximate surface area is 117 Å². The molecular weight excluding hydrogens is 257 g/mol. The van der Waals surface area contributed by atoms with Crippen LogP contribution in [0.5, 0.6) is 5.75 Å². The molecule has 0 atom stereocenters. The van der Waals surface area contributed by atoms with Crippen LogP contribution < -0.4 is 10.1 Å². The van der Waals surface area contributed by atoms with E-state index >= 15 is 0 Å². The van der Waals surface area contributed by atoms with Gasteiger partial charge in [0.2, 0.25) is 0 Å². The number of rotatable bonds is 4. The van der Waals surface area contributed by atoms with Crippen molar-refractivity contribution in [3.63, 3.8) is 0 Å². The maximum atomic E-state index is 13.4. The van der Waals surface area contributed by atoms with Crippen molar-refractivity contribution in [2.75, 3.05) is 11.9 Å². The number of amides is 1. The van der Waals surface area contributed by atoms with Crippen molar-refractivity contribution in [1.82, 2.24) is 0 Å². The summed E-state index contributed by atoms with van der Waals surface area (Å²) in [4.78, 5) is 12.0. The van der Waals surface area contributed by atoms with Crippen molar-refractivity contribution in [2.45, 2.75) is 13.8 Å². The molecule has 2 aromatic rings. The third kappa shape index (κ3) is 3.35. The second-order valence-corrected chi connectivity index (χ2v) is 4.38. The van der Waals surface area contributed by atoms with Crippen molar-refractivity contribution in [1.29, 1.82) is 0 Å². The van der Waals surface area contributed by atoms with Crippen LogP contribution in [0, 0.1) is 12.7 Å². The highest BCUT2D eigenvalue weighted by Gasteiger charge is 2.08.